The average Bonchev–Trinajstić information content (AvgIpc) is 2.59. The summed E-state index contributed by atoms with van der Waals surface area (Å²) in [4.78, 5) is 16.3. The minimum atomic E-state index is -0.138. The van der Waals surface area contributed by atoms with Crippen LogP contribution in [-0.4, -0.2) is 30.6 Å². The summed E-state index contributed by atoms with van der Waals surface area (Å²) in [5, 5.41) is 6.41. The molecule has 1 atom stereocenters. The highest BCUT2D eigenvalue weighted by Crippen LogP contribution is 2.12. The molecule has 0 saturated carbocycles. The van der Waals surface area contributed by atoms with Crippen LogP contribution < -0.4 is 15.4 Å². The molecule has 0 aliphatic rings. The Labute approximate surface area is 137 Å². The number of carbonyl (C=O) groups is 1. The second kappa shape index (κ2) is 8.17. The molecule has 5 nitrogen and oxygen atoms in total. The number of ether oxygens (including phenoxy) is 1. The van der Waals surface area contributed by atoms with Crippen LogP contribution in [0.5, 0.6) is 5.88 Å². The number of nitrogens with one attached hydrogen (secondary N) is 2. The van der Waals surface area contributed by atoms with Gasteiger partial charge in [-0.05, 0) is 24.1 Å². The predicted octanol–water partition coefficient (Wildman–Crippen LogP) is 2.96. The molecule has 1 unspecified atom stereocenters. The maximum Gasteiger partial charge on any atom is 0.252 e. The lowest BCUT2D eigenvalue weighted by molar-refractivity contribution is 0.0950. The van der Waals surface area contributed by atoms with Gasteiger partial charge < -0.3 is 15.4 Å². The van der Waals surface area contributed by atoms with Crippen molar-refractivity contribution in [3.05, 3.63) is 54.2 Å². The van der Waals surface area contributed by atoms with Crippen molar-refractivity contribution in [2.75, 3.05) is 19.0 Å². The van der Waals surface area contributed by atoms with Gasteiger partial charge >= 0.3 is 0 Å². The quantitative estimate of drug-likeness (QED) is 0.825. The third kappa shape index (κ3) is 4.98. The number of amides is 1. The van der Waals surface area contributed by atoms with Crippen molar-refractivity contribution in [2.24, 2.45) is 5.92 Å². The number of methoxy groups -OCH3 is 1. The average molecular weight is 313 g/mol. The molecule has 0 radical (unpaired) electrons. The Bertz CT molecular complexity index is 612. The molecule has 0 aliphatic carbocycles. The van der Waals surface area contributed by atoms with Crippen LogP contribution in [0.4, 0.5) is 5.69 Å². The number of carbonyl (C=O) groups excluding carboxylic acids is 1. The Morgan fingerprint density at radius 1 is 1.17 bits per heavy atom. The van der Waals surface area contributed by atoms with Gasteiger partial charge in [0, 0.05) is 30.5 Å². The fraction of sp³-hybridized carbons (Fsp3) is 0.333. The van der Waals surface area contributed by atoms with E-state index in [1.54, 1.807) is 19.2 Å². The molecule has 0 aliphatic heterocycles. The third-order valence-electron chi connectivity index (χ3n) is 3.62. The van der Waals surface area contributed by atoms with E-state index in [4.69, 9.17) is 4.74 Å². The van der Waals surface area contributed by atoms with Gasteiger partial charge in [-0.25, -0.2) is 4.98 Å². The molecule has 1 amide bonds. The number of para-hydroxylation sites is 1. The van der Waals surface area contributed by atoms with Gasteiger partial charge in [-0.2, -0.15) is 0 Å². The molecule has 23 heavy (non-hydrogen) atoms. The lowest BCUT2D eigenvalue weighted by atomic mass is 10.0. The van der Waals surface area contributed by atoms with E-state index in [-0.39, 0.29) is 11.9 Å². The molecule has 5 heteroatoms. The van der Waals surface area contributed by atoms with Crippen molar-refractivity contribution in [2.45, 2.75) is 19.9 Å². The van der Waals surface area contributed by atoms with Crippen LogP contribution in [0.3, 0.4) is 0 Å². The first-order valence-corrected chi connectivity index (χ1v) is 7.70. The van der Waals surface area contributed by atoms with Gasteiger partial charge in [-0.3, -0.25) is 4.79 Å². The number of benzene rings is 1. The summed E-state index contributed by atoms with van der Waals surface area (Å²) in [6.45, 7) is 4.79. The Morgan fingerprint density at radius 2 is 1.91 bits per heavy atom. The first-order chi connectivity index (χ1) is 11.1. The van der Waals surface area contributed by atoms with E-state index in [0.717, 1.165) is 5.69 Å². The van der Waals surface area contributed by atoms with E-state index in [9.17, 15) is 4.79 Å². The van der Waals surface area contributed by atoms with E-state index in [1.807, 2.05) is 30.3 Å². The Kier molecular flexibility index (Phi) is 5.97. The van der Waals surface area contributed by atoms with Crippen LogP contribution in [0.1, 0.15) is 24.2 Å². The maximum absolute atomic E-state index is 12.2. The number of aromatic nitrogens is 1. The van der Waals surface area contributed by atoms with Crippen molar-refractivity contribution in [1.82, 2.24) is 10.3 Å². The molecule has 0 fully saturated rings. The highest BCUT2D eigenvalue weighted by molar-refractivity contribution is 5.93. The number of hydrogen-bond acceptors (Lipinski definition) is 4. The topological polar surface area (TPSA) is 63.2 Å². The summed E-state index contributed by atoms with van der Waals surface area (Å²) < 4.78 is 4.99. The number of hydrogen-bond donors (Lipinski definition) is 2. The second-order valence-corrected chi connectivity index (χ2v) is 5.66. The first kappa shape index (κ1) is 16.8. The van der Waals surface area contributed by atoms with Gasteiger partial charge in [-0.15, -0.1) is 0 Å². The number of nitrogens with zero attached hydrogens (tertiary/aromatic N) is 1. The summed E-state index contributed by atoms with van der Waals surface area (Å²) >= 11 is 0. The van der Waals surface area contributed by atoms with Crippen LogP contribution in [-0.2, 0) is 0 Å². The standard InChI is InChI=1S/C18H23N3O2/c1-13(2)16(21-15-7-5-4-6-8-15)12-20-18(22)14-9-10-17(23-3)19-11-14/h4-11,13,16,21H,12H2,1-3H3,(H,20,22). The largest absolute Gasteiger partial charge is 0.481 e. The molecule has 1 aromatic carbocycles. The maximum atomic E-state index is 12.2. The molecule has 2 rings (SSSR count). The van der Waals surface area contributed by atoms with Gasteiger partial charge in [0.2, 0.25) is 5.88 Å². The minimum Gasteiger partial charge on any atom is -0.481 e. The lowest BCUT2D eigenvalue weighted by Crippen LogP contribution is -2.39. The van der Waals surface area contributed by atoms with Gasteiger partial charge in [0.25, 0.3) is 5.91 Å². The van der Waals surface area contributed by atoms with Gasteiger partial charge in [0.05, 0.1) is 12.7 Å². The second-order valence-electron chi connectivity index (χ2n) is 5.66. The fourth-order valence-electron chi connectivity index (χ4n) is 2.14. The zero-order chi connectivity index (χ0) is 16.7. The molecular formula is C18H23N3O2. The summed E-state index contributed by atoms with van der Waals surface area (Å²) in [5.74, 6) is 0.734. The van der Waals surface area contributed by atoms with E-state index in [2.05, 4.69) is 29.5 Å². The van der Waals surface area contributed by atoms with Crippen molar-refractivity contribution in [3.63, 3.8) is 0 Å². The summed E-state index contributed by atoms with van der Waals surface area (Å²) in [5.41, 5.74) is 1.57. The van der Waals surface area contributed by atoms with E-state index in [1.165, 1.54) is 6.20 Å². The molecule has 0 saturated heterocycles. The zero-order valence-corrected chi connectivity index (χ0v) is 13.7. The monoisotopic (exact) mass is 313 g/mol. The van der Waals surface area contributed by atoms with Crippen LogP contribution in [0.15, 0.2) is 48.7 Å². The van der Waals surface area contributed by atoms with Gasteiger partial charge in [0.15, 0.2) is 0 Å². The zero-order valence-electron chi connectivity index (χ0n) is 13.7. The molecule has 1 aromatic heterocycles. The Hall–Kier alpha value is -2.56. The molecular weight excluding hydrogens is 290 g/mol. The van der Waals surface area contributed by atoms with E-state index >= 15 is 0 Å². The van der Waals surface area contributed by atoms with Gasteiger partial charge in [-0.1, -0.05) is 32.0 Å². The first-order valence-electron chi connectivity index (χ1n) is 7.70. The van der Waals surface area contributed by atoms with Crippen LogP contribution >= 0.6 is 0 Å². The van der Waals surface area contributed by atoms with Crippen molar-refractivity contribution < 1.29 is 9.53 Å². The van der Waals surface area contributed by atoms with Crippen LogP contribution in [0.25, 0.3) is 0 Å². The molecule has 1 heterocycles. The van der Waals surface area contributed by atoms with Gasteiger partial charge in [0.1, 0.15) is 0 Å². The number of rotatable bonds is 7. The summed E-state index contributed by atoms with van der Waals surface area (Å²) in [6, 6.07) is 13.5. The summed E-state index contributed by atoms with van der Waals surface area (Å²) in [7, 11) is 1.55. The SMILES string of the molecule is COc1ccc(C(=O)NCC(Nc2ccccc2)C(C)C)cn1. The molecule has 2 aromatic rings. The predicted molar refractivity (Wildman–Crippen MR) is 91.8 cm³/mol. The van der Waals surface area contributed by atoms with Crippen LogP contribution in [0.2, 0.25) is 0 Å². The molecule has 0 spiro atoms. The Balaban J connectivity index is 1.93. The van der Waals surface area contributed by atoms with E-state index in [0.29, 0.717) is 23.9 Å². The van der Waals surface area contributed by atoms with E-state index < -0.39 is 0 Å². The Morgan fingerprint density at radius 3 is 2.48 bits per heavy atom. The molecule has 2 N–H and O–H groups in total. The minimum absolute atomic E-state index is 0.138. The number of anilines is 1. The third-order valence-corrected chi connectivity index (χ3v) is 3.62. The van der Waals surface area contributed by atoms with Crippen molar-refractivity contribution >= 4 is 11.6 Å². The highest BCUT2D eigenvalue weighted by Gasteiger charge is 2.15. The highest BCUT2D eigenvalue weighted by atomic mass is 16.5. The fourth-order valence-corrected chi connectivity index (χ4v) is 2.14. The van der Waals surface area contributed by atoms with Crippen molar-refractivity contribution in [3.8, 4) is 5.88 Å². The molecule has 122 valence electrons. The smallest absolute Gasteiger partial charge is 0.252 e. The number of pyridine rings is 1. The van der Waals surface area contributed by atoms with Crippen molar-refractivity contribution in [1.29, 1.82) is 0 Å². The normalized spacial score (nSPS) is 11.8. The summed E-state index contributed by atoms with van der Waals surface area (Å²) in [6.07, 6.45) is 1.52. The lowest BCUT2D eigenvalue weighted by Gasteiger charge is -2.24. The molecule has 0 bridgehead atoms. The van der Waals surface area contributed by atoms with Crippen LogP contribution in [0, 0.1) is 5.92 Å².